The van der Waals surface area contributed by atoms with Gasteiger partial charge in [-0.3, -0.25) is 4.79 Å². The van der Waals surface area contributed by atoms with Crippen LogP contribution in [0.1, 0.15) is 63.0 Å². The fourth-order valence-corrected chi connectivity index (χ4v) is 3.12. The molecule has 1 fully saturated rings. The first-order valence-electron chi connectivity index (χ1n) is 7.26. The maximum atomic E-state index is 12.5. The van der Waals surface area contributed by atoms with E-state index in [0.717, 1.165) is 24.8 Å². The van der Waals surface area contributed by atoms with E-state index in [-0.39, 0.29) is 17.2 Å². The number of hydrogen-bond acceptors (Lipinski definition) is 1. The minimum Gasteiger partial charge on any atom is -0.299 e. The molecule has 2 rings (SSSR count). The zero-order chi connectivity index (χ0) is 14.0. The largest absolute Gasteiger partial charge is 0.299 e. The number of halogens is 1. The van der Waals surface area contributed by atoms with Gasteiger partial charge in [0.25, 0.3) is 0 Å². The highest BCUT2D eigenvalue weighted by Gasteiger charge is 2.31. The zero-order valence-corrected chi connectivity index (χ0v) is 12.8. The van der Waals surface area contributed by atoms with Crippen LogP contribution < -0.4 is 0 Å². The number of rotatable bonds is 2. The number of alkyl halides is 1. The predicted octanol–water partition coefficient (Wildman–Crippen LogP) is 4.89. The van der Waals surface area contributed by atoms with E-state index in [4.69, 9.17) is 11.6 Å². The summed E-state index contributed by atoms with van der Waals surface area (Å²) in [7, 11) is 0. The number of carbonyl (C=O) groups excluding carboxylic acids is 1. The number of hydrogen-bond donors (Lipinski definition) is 0. The van der Waals surface area contributed by atoms with Crippen molar-refractivity contribution in [2.24, 2.45) is 5.92 Å². The van der Waals surface area contributed by atoms with Crippen LogP contribution in [0.15, 0.2) is 24.3 Å². The van der Waals surface area contributed by atoms with Crippen LogP contribution in [0.4, 0.5) is 0 Å². The first-order chi connectivity index (χ1) is 8.99. The van der Waals surface area contributed by atoms with Gasteiger partial charge in [-0.15, -0.1) is 11.6 Å². The van der Waals surface area contributed by atoms with Crippen molar-refractivity contribution in [3.63, 3.8) is 0 Å². The standard InChI is InChI=1S/C17H23ClO/c1-11(2)13-5-7-14(8-6-13)16-10-15(18)9-4-12(3)17(16)19/h5-8,11-12,15-16H,4,9-10H2,1-3H3/t12-,15+,16-/m0/s1. The molecule has 1 aliphatic carbocycles. The van der Waals surface area contributed by atoms with Crippen LogP contribution in [0.25, 0.3) is 0 Å². The third-order valence-corrected chi connectivity index (χ3v) is 4.64. The fourth-order valence-electron chi connectivity index (χ4n) is 2.82. The lowest BCUT2D eigenvalue weighted by atomic mass is 9.86. The lowest BCUT2D eigenvalue weighted by Crippen LogP contribution is -2.18. The summed E-state index contributed by atoms with van der Waals surface area (Å²) in [5, 5.41) is 0.128. The summed E-state index contributed by atoms with van der Waals surface area (Å²) in [4.78, 5) is 12.5. The average Bonchev–Trinajstić information content (AvgIpc) is 2.52. The molecule has 0 heterocycles. The minimum atomic E-state index is -0.0128. The molecule has 1 nitrogen and oxygen atoms in total. The average molecular weight is 279 g/mol. The van der Waals surface area contributed by atoms with E-state index in [2.05, 4.69) is 38.1 Å². The van der Waals surface area contributed by atoms with E-state index in [1.807, 2.05) is 6.92 Å². The van der Waals surface area contributed by atoms with Gasteiger partial charge in [-0.25, -0.2) is 0 Å². The van der Waals surface area contributed by atoms with Gasteiger partial charge in [0.2, 0.25) is 0 Å². The molecule has 0 amide bonds. The molecule has 1 aromatic rings. The van der Waals surface area contributed by atoms with Crippen LogP contribution >= 0.6 is 11.6 Å². The quantitative estimate of drug-likeness (QED) is 0.556. The maximum absolute atomic E-state index is 12.5. The van der Waals surface area contributed by atoms with Crippen molar-refractivity contribution in [1.82, 2.24) is 0 Å². The van der Waals surface area contributed by atoms with Gasteiger partial charge in [0.15, 0.2) is 0 Å². The van der Waals surface area contributed by atoms with Crippen LogP contribution in [0.5, 0.6) is 0 Å². The first kappa shape index (κ1) is 14.6. The zero-order valence-electron chi connectivity index (χ0n) is 12.0. The molecule has 1 aliphatic rings. The lowest BCUT2D eigenvalue weighted by Gasteiger charge is -2.18. The number of benzene rings is 1. The second-order valence-corrected chi connectivity index (χ2v) is 6.70. The molecule has 0 aliphatic heterocycles. The minimum absolute atomic E-state index is 0.0128. The van der Waals surface area contributed by atoms with Crippen molar-refractivity contribution in [2.45, 2.75) is 57.2 Å². The first-order valence-corrected chi connectivity index (χ1v) is 7.70. The fraction of sp³-hybridized carbons (Fsp3) is 0.588. The van der Waals surface area contributed by atoms with Gasteiger partial charge in [-0.2, -0.15) is 0 Å². The molecule has 3 atom stereocenters. The van der Waals surface area contributed by atoms with Crippen LogP contribution in [-0.4, -0.2) is 11.2 Å². The molecular weight excluding hydrogens is 256 g/mol. The maximum Gasteiger partial charge on any atom is 0.143 e. The summed E-state index contributed by atoms with van der Waals surface area (Å²) in [5.41, 5.74) is 2.45. The van der Waals surface area contributed by atoms with E-state index >= 15 is 0 Å². The molecule has 0 aromatic heterocycles. The van der Waals surface area contributed by atoms with Gasteiger partial charge in [-0.05, 0) is 36.3 Å². The summed E-state index contributed by atoms with van der Waals surface area (Å²) in [5.74, 6) is 1.01. The summed E-state index contributed by atoms with van der Waals surface area (Å²) in [6, 6.07) is 8.51. The molecule has 0 saturated heterocycles. The van der Waals surface area contributed by atoms with Crippen molar-refractivity contribution >= 4 is 17.4 Å². The van der Waals surface area contributed by atoms with E-state index < -0.39 is 0 Å². The molecule has 0 unspecified atom stereocenters. The highest BCUT2D eigenvalue weighted by molar-refractivity contribution is 6.20. The van der Waals surface area contributed by atoms with Crippen LogP contribution in [0.2, 0.25) is 0 Å². The molecule has 2 heteroatoms. The third-order valence-electron chi connectivity index (χ3n) is 4.24. The topological polar surface area (TPSA) is 17.1 Å². The second-order valence-electron chi connectivity index (χ2n) is 6.09. The van der Waals surface area contributed by atoms with Crippen molar-refractivity contribution in [3.05, 3.63) is 35.4 Å². The van der Waals surface area contributed by atoms with E-state index in [1.165, 1.54) is 5.56 Å². The molecule has 1 saturated carbocycles. The third kappa shape index (κ3) is 3.39. The molecule has 104 valence electrons. The van der Waals surface area contributed by atoms with Crippen molar-refractivity contribution < 1.29 is 4.79 Å². The lowest BCUT2D eigenvalue weighted by molar-refractivity contribution is -0.123. The molecular formula is C17H23ClO. The smallest absolute Gasteiger partial charge is 0.143 e. The Hall–Kier alpha value is -0.820. The Balaban J connectivity index is 2.24. The summed E-state index contributed by atoms with van der Waals surface area (Å²) in [6.07, 6.45) is 2.66. The number of ketones is 1. The molecule has 0 N–H and O–H groups in total. The second kappa shape index (κ2) is 6.09. The van der Waals surface area contributed by atoms with Crippen LogP contribution in [0.3, 0.4) is 0 Å². The summed E-state index contributed by atoms with van der Waals surface area (Å²) >= 11 is 6.33. The highest BCUT2D eigenvalue weighted by atomic mass is 35.5. The molecule has 1 aromatic carbocycles. The summed E-state index contributed by atoms with van der Waals surface area (Å²) in [6.45, 7) is 6.40. The number of carbonyl (C=O) groups is 1. The Kier molecular flexibility index (Phi) is 4.67. The molecule has 0 radical (unpaired) electrons. The van der Waals surface area contributed by atoms with Gasteiger partial charge in [0.1, 0.15) is 5.78 Å². The summed E-state index contributed by atoms with van der Waals surface area (Å²) < 4.78 is 0. The molecule has 0 bridgehead atoms. The van der Waals surface area contributed by atoms with Crippen molar-refractivity contribution in [3.8, 4) is 0 Å². The Morgan fingerprint density at radius 2 is 1.79 bits per heavy atom. The number of Topliss-reactive ketones (excluding diaryl/α,β-unsaturated/α-hetero) is 1. The van der Waals surface area contributed by atoms with Crippen molar-refractivity contribution in [1.29, 1.82) is 0 Å². The Bertz CT molecular complexity index is 435. The Morgan fingerprint density at radius 1 is 1.16 bits per heavy atom. The molecule has 19 heavy (non-hydrogen) atoms. The predicted molar refractivity (Wildman–Crippen MR) is 80.9 cm³/mol. The van der Waals surface area contributed by atoms with Gasteiger partial charge in [-0.1, -0.05) is 45.0 Å². The van der Waals surface area contributed by atoms with Crippen LogP contribution in [-0.2, 0) is 4.79 Å². The van der Waals surface area contributed by atoms with Gasteiger partial charge >= 0.3 is 0 Å². The molecule has 0 spiro atoms. The van der Waals surface area contributed by atoms with Gasteiger partial charge in [0.05, 0.1) is 0 Å². The Labute approximate surface area is 121 Å². The van der Waals surface area contributed by atoms with E-state index in [1.54, 1.807) is 0 Å². The van der Waals surface area contributed by atoms with Crippen LogP contribution in [0, 0.1) is 5.92 Å². The SMILES string of the molecule is CC(C)c1ccc([C@@H]2C[C@H](Cl)CC[C@H](C)C2=O)cc1. The van der Waals surface area contributed by atoms with Crippen molar-refractivity contribution in [2.75, 3.05) is 0 Å². The van der Waals surface area contributed by atoms with Gasteiger partial charge in [0, 0.05) is 17.2 Å². The highest BCUT2D eigenvalue weighted by Crippen LogP contribution is 2.34. The monoisotopic (exact) mass is 278 g/mol. The Morgan fingerprint density at radius 3 is 2.37 bits per heavy atom. The normalized spacial score (nSPS) is 28.5. The van der Waals surface area contributed by atoms with Gasteiger partial charge < -0.3 is 0 Å². The van der Waals surface area contributed by atoms with E-state index in [9.17, 15) is 4.79 Å². The van der Waals surface area contributed by atoms with E-state index in [0.29, 0.717) is 11.7 Å².